The molecule has 0 saturated carbocycles. The molecule has 0 amide bonds. The van der Waals surface area contributed by atoms with Gasteiger partial charge in [0.25, 0.3) is 0 Å². The molecule has 1 aliphatic rings. The van der Waals surface area contributed by atoms with Crippen molar-refractivity contribution in [3.05, 3.63) is 24.3 Å². The lowest BCUT2D eigenvalue weighted by molar-refractivity contribution is -0.142. The maximum atomic E-state index is 11.4. The van der Waals surface area contributed by atoms with Crippen LogP contribution < -0.4 is 4.90 Å². The predicted molar refractivity (Wildman–Crippen MR) is 76.7 cm³/mol. The zero-order valence-corrected chi connectivity index (χ0v) is 12.4. The molecule has 110 valence electrons. The Labute approximate surface area is 119 Å². The first-order valence-corrected chi connectivity index (χ1v) is 8.44. The number of sulfone groups is 1. The van der Waals surface area contributed by atoms with Crippen molar-refractivity contribution in [2.24, 2.45) is 11.8 Å². The van der Waals surface area contributed by atoms with Crippen LogP contribution in [-0.2, 0) is 14.6 Å². The number of piperidine rings is 1. The standard InChI is InChI=1S/C14H19NO4S/c1-10-7-11(14(16)17)9-15(8-10)12-3-5-13(6-4-12)20(2,18)19/h3-6,10-11H,7-9H2,1-2H3,(H,16,17). The highest BCUT2D eigenvalue weighted by Gasteiger charge is 2.29. The minimum absolute atomic E-state index is 0.279. The Morgan fingerprint density at radius 1 is 1.25 bits per heavy atom. The van der Waals surface area contributed by atoms with Gasteiger partial charge in [0.05, 0.1) is 10.8 Å². The maximum Gasteiger partial charge on any atom is 0.308 e. The Kier molecular flexibility index (Phi) is 4.04. The highest BCUT2D eigenvalue weighted by atomic mass is 32.2. The Morgan fingerprint density at radius 2 is 1.85 bits per heavy atom. The molecule has 1 aromatic rings. The number of aliphatic carboxylic acids is 1. The van der Waals surface area contributed by atoms with E-state index in [0.717, 1.165) is 12.2 Å². The van der Waals surface area contributed by atoms with E-state index >= 15 is 0 Å². The fourth-order valence-corrected chi connectivity index (χ4v) is 3.28. The van der Waals surface area contributed by atoms with E-state index in [-0.39, 0.29) is 10.8 Å². The van der Waals surface area contributed by atoms with Crippen LogP contribution in [0, 0.1) is 11.8 Å². The van der Waals surface area contributed by atoms with E-state index < -0.39 is 15.8 Å². The molecule has 0 aromatic heterocycles. The van der Waals surface area contributed by atoms with Gasteiger partial charge in [-0.15, -0.1) is 0 Å². The van der Waals surface area contributed by atoms with Crippen LogP contribution in [0.15, 0.2) is 29.2 Å². The average molecular weight is 297 g/mol. The fraction of sp³-hybridized carbons (Fsp3) is 0.500. The summed E-state index contributed by atoms with van der Waals surface area (Å²) in [4.78, 5) is 13.4. The van der Waals surface area contributed by atoms with Gasteiger partial charge in [0, 0.05) is 25.0 Å². The molecule has 1 aromatic carbocycles. The summed E-state index contributed by atoms with van der Waals surface area (Å²) < 4.78 is 22.8. The Balaban J connectivity index is 2.20. The molecule has 1 aliphatic heterocycles. The van der Waals surface area contributed by atoms with E-state index in [9.17, 15) is 13.2 Å². The van der Waals surface area contributed by atoms with Gasteiger partial charge in [-0.3, -0.25) is 4.79 Å². The predicted octanol–water partition coefficient (Wildman–Crippen LogP) is 1.64. The second kappa shape index (κ2) is 5.44. The molecular weight excluding hydrogens is 278 g/mol. The van der Waals surface area contributed by atoms with E-state index in [4.69, 9.17) is 5.11 Å². The minimum Gasteiger partial charge on any atom is -0.481 e. The number of carboxylic acid groups (broad SMARTS) is 1. The van der Waals surface area contributed by atoms with E-state index in [1.165, 1.54) is 6.26 Å². The highest BCUT2D eigenvalue weighted by Crippen LogP contribution is 2.27. The SMILES string of the molecule is CC1CC(C(=O)O)CN(c2ccc(S(C)(=O)=O)cc2)C1. The van der Waals surface area contributed by atoms with Gasteiger partial charge < -0.3 is 10.0 Å². The van der Waals surface area contributed by atoms with Crippen molar-refractivity contribution in [3.8, 4) is 0 Å². The van der Waals surface area contributed by atoms with Gasteiger partial charge in [0.1, 0.15) is 0 Å². The first-order chi connectivity index (χ1) is 9.27. The molecule has 1 heterocycles. The van der Waals surface area contributed by atoms with Crippen molar-refractivity contribution < 1.29 is 18.3 Å². The van der Waals surface area contributed by atoms with E-state index in [1.54, 1.807) is 24.3 Å². The highest BCUT2D eigenvalue weighted by molar-refractivity contribution is 7.90. The molecule has 2 rings (SSSR count). The number of rotatable bonds is 3. The molecule has 1 saturated heterocycles. The van der Waals surface area contributed by atoms with Crippen LogP contribution in [0.2, 0.25) is 0 Å². The van der Waals surface area contributed by atoms with Crippen LogP contribution in [0.1, 0.15) is 13.3 Å². The first kappa shape index (κ1) is 14.8. The minimum atomic E-state index is -3.20. The van der Waals surface area contributed by atoms with E-state index in [2.05, 4.69) is 0 Å². The van der Waals surface area contributed by atoms with Crippen molar-refractivity contribution in [2.45, 2.75) is 18.2 Å². The maximum absolute atomic E-state index is 11.4. The zero-order chi connectivity index (χ0) is 14.9. The second-order valence-corrected chi connectivity index (χ2v) is 7.56. The molecule has 0 bridgehead atoms. The number of hydrogen-bond acceptors (Lipinski definition) is 4. The summed E-state index contributed by atoms with van der Waals surface area (Å²) in [6.45, 7) is 3.30. The molecule has 6 heteroatoms. The van der Waals surface area contributed by atoms with Gasteiger partial charge in [-0.05, 0) is 36.6 Å². The number of carbonyl (C=O) groups is 1. The van der Waals surface area contributed by atoms with E-state index in [1.807, 2.05) is 11.8 Å². The van der Waals surface area contributed by atoms with Gasteiger partial charge in [-0.2, -0.15) is 0 Å². The van der Waals surface area contributed by atoms with E-state index in [0.29, 0.717) is 18.9 Å². The average Bonchev–Trinajstić information content (AvgIpc) is 2.37. The quantitative estimate of drug-likeness (QED) is 0.918. The topological polar surface area (TPSA) is 74.7 Å². The lowest BCUT2D eigenvalue weighted by Gasteiger charge is -2.36. The van der Waals surface area contributed by atoms with Crippen LogP contribution >= 0.6 is 0 Å². The van der Waals surface area contributed by atoms with Gasteiger partial charge in [0.2, 0.25) is 0 Å². The molecule has 0 radical (unpaired) electrons. The molecule has 1 fully saturated rings. The number of carboxylic acids is 1. The van der Waals surface area contributed by atoms with Crippen LogP contribution in [0.4, 0.5) is 5.69 Å². The van der Waals surface area contributed by atoms with Crippen LogP contribution in [-0.4, -0.2) is 38.8 Å². The number of anilines is 1. The van der Waals surface area contributed by atoms with Crippen molar-refractivity contribution in [2.75, 3.05) is 24.2 Å². The van der Waals surface area contributed by atoms with Crippen molar-refractivity contribution in [1.82, 2.24) is 0 Å². The van der Waals surface area contributed by atoms with Gasteiger partial charge in [0.15, 0.2) is 9.84 Å². The molecule has 2 atom stereocenters. The first-order valence-electron chi connectivity index (χ1n) is 6.55. The third kappa shape index (κ3) is 3.30. The lowest BCUT2D eigenvalue weighted by Crippen LogP contribution is -2.42. The molecule has 2 unspecified atom stereocenters. The summed E-state index contributed by atoms with van der Waals surface area (Å²) in [5, 5.41) is 9.17. The largest absolute Gasteiger partial charge is 0.481 e. The molecule has 0 spiro atoms. The summed E-state index contributed by atoms with van der Waals surface area (Å²) in [7, 11) is -3.20. The molecule has 20 heavy (non-hydrogen) atoms. The number of nitrogens with zero attached hydrogens (tertiary/aromatic N) is 1. The Morgan fingerprint density at radius 3 is 2.35 bits per heavy atom. The van der Waals surface area contributed by atoms with Crippen molar-refractivity contribution in [1.29, 1.82) is 0 Å². The molecular formula is C14H19NO4S. The van der Waals surface area contributed by atoms with Gasteiger partial charge in [-0.1, -0.05) is 6.92 Å². The van der Waals surface area contributed by atoms with Crippen molar-refractivity contribution >= 4 is 21.5 Å². The van der Waals surface area contributed by atoms with Crippen LogP contribution in [0.5, 0.6) is 0 Å². The van der Waals surface area contributed by atoms with Gasteiger partial charge in [-0.25, -0.2) is 8.42 Å². The summed E-state index contributed by atoms with van der Waals surface area (Å²) in [5.41, 5.74) is 0.871. The normalized spacial score (nSPS) is 23.6. The molecule has 5 nitrogen and oxygen atoms in total. The number of benzene rings is 1. The van der Waals surface area contributed by atoms with Gasteiger partial charge >= 0.3 is 5.97 Å². The number of hydrogen-bond donors (Lipinski definition) is 1. The summed E-state index contributed by atoms with van der Waals surface area (Å²) >= 11 is 0. The smallest absolute Gasteiger partial charge is 0.308 e. The lowest BCUT2D eigenvalue weighted by atomic mass is 9.90. The molecule has 1 N–H and O–H groups in total. The third-order valence-corrected chi connectivity index (χ3v) is 4.77. The summed E-state index contributed by atoms with van der Waals surface area (Å²) in [6, 6.07) is 6.63. The van der Waals surface area contributed by atoms with Crippen molar-refractivity contribution in [3.63, 3.8) is 0 Å². The second-order valence-electron chi connectivity index (χ2n) is 5.55. The summed E-state index contributed by atoms with van der Waals surface area (Å²) in [5.74, 6) is -0.831. The monoisotopic (exact) mass is 297 g/mol. The third-order valence-electron chi connectivity index (χ3n) is 3.64. The fourth-order valence-electron chi connectivity index (χ4n) is 2.65. The summed E-state index contributed by atoms with van der Waals surface area (Å²) in [6.07, 6.45) is 1.86. The van der Waals surface area contributed by atoms with Crippen LogP contribution in [0.25, 0.3) is 0 Å². The molecule has 0 aliphatic carbocycles. The van der Waals surface area contributed by atoms with Crippen LogP contribution in [0.3, 0.4) is 0 Å². The Bertz CT molecular complexity index is 594. The zero-order valence-electron chi connectivity index (χ0n) is 11.6. The Hall–Kier alpha value is -1.56.